The van der Waals surface area contributed by atoms with Crippen molar-refractivity contribution in [2.45, 2.75) is 52.0 Å². The summed E-state index contributed by atoms with van der Waals surface area (Å²) >= 11 is 0. The van der Waals surface area contributed by atoms with E-state index in [0.29, 0.717) is 46.5 Å². The van der Waals surface area contributed by atoms with Crippen LogP contribution in [-0.2, 0) is 14.9 Å². The lowest BCUT2D eigenvalue weighted by Gasteiger charge is -2.25. The molecule has 4 rings (SSSR count). The molecule has 0 saturated carbocycles. The van der Waals surface area contributed by atoms with Crippen LogP contribution in [0.2, 0.25) is 0 Å². The van der Waals surface area contributed by atoms with Crippen molar-refractivity contribution in [1.82, 2.24) is 9.89 Å². The van der Waals surface area contributed by atoms with Crippen molar-refractivity contribution in [2.75, 3.05) is 37.7 Å². The first-order chi connectivity index (χ1) is 19.9. The molecule has 0 atom stereocenters. The van der Waals surface area contributed by atoms with E-state index in [1.54, 1.807) is 18.2 Å². The number of benzene rings is 3. The molecule has 2 aromatic rings. The van der Waals surface area contributed by atoms with Gasteiger partial charge in [0.2, 0.25) is 5.36 Å². The fourth-order valence-electron chi connectivity index (χ4n) is 5.09. The van der Waals surface area contributed by atoms with Gasteiger partial charge in [-0.25, -0.2) is 17.8 Å². The van der Waals surface area contributed by atoms with Crippen LogP contribution in [0.1, 0.15) is 41.5 Å². The Balaban J connectivity index is 1.87. The summed E-state index contributed by atoms with van der Waals surface area (Å²) in [6.07, 6.45) is -0.473. The molecule has 2 aliphatic rings. The first kappa shape index (κ1) is 31.1. The number of hydrogen-bond donors (Lipinski definition) is 1. The van der Waals surface area contributed by atoms with Crippen LogP contribution in [0.3, 0.4) is 0 Å². The third-order valence-corrected chi connectivity index (χ3v) is 7.96. The van der Waals surface area contributed by atoms with Gasteiger partial charge in [0.25, 0.3) is 0 Å². The van der Waals surface area contributed by atoms with Gasteiger partial charge in [0.1, 0.15) is 41.2 Å². The number of nitrogens with zero attached hydrogens (tertiary/aromatic N) is 2. The number of carbonyl (C=O) groups is 1. The number of anilines is 1. The molecule has 0 unspecified atom stereocenters. The molecule has 2 aromatic carbocycles. The quantitative estimate of drug-likeness (QED) is 0.160. The number of carbonyl (C=O) groups excluding carboxylic acids is 1. The van der Waals surface area contributed by atoms with Gasteiger partial charge in [-0.15, -0.1) is 0 Å². The van der Waals surface area contributed by atoms with Gasteiger partial charge >= 0.3 is 6.09 Å². The van der Waals surface area contributed by atoms with Crippen LogP contribution in [0.4, 0.5) is 10.5 Å². The van der Waals surface area contributed by atoms with Crippen molar-refractivity contribution in [1.29, 1.82) is 0 Å². The smallest absolute Gasteiger partial charge is 0.407 e. The molecule has 0 fully saturated rings. The molecule has 0 radical (unpaired) electrons. The number of alkyl carbamates (subject to hydrolysis) is 1. The lowest BCUT2D eigenvalue weighted by molar-refractivity contribution is 0.140. The Morgan fingerprint density at radius 1 is 1.00 bits per heavy atom. The Kier molecular flexibility index (Phi) is 9.27. The highest BCUT2D eigenvalue weighted by molar-refractivity contribution is 7.85. The Hall–Kier alpha value is -3.89. The van der Waals surface area contributed by atoms with Crippen LogP contribution in [0.5, 0.6) is 0 Å². The number of likely N-dealkylation sites (N-methyl/N-ethyl adjacent to an activating group) is 1. The molecule has 224 valence electrons. The molecule has 0 aromatic heterocycles. The Morgan fingerprint density at radius 2 is 1.71 bits per heavy atom. The van der Waals surface area contributed by atoms with E-state index in [9.17, 15) is 17.8 Å². The molecule has 0 bridgehead atoms. The van der Waals surface area contributed by atoms with Gasteiger partial charge in [0.05, 0.1) is 17.5 Å². The van der Waals surface area contributed by atoms with Crippen LogP contribution in [0.25, 0.3) is 33.4 Å². The van der Waals surface area contributed by atoms with Crippen molar-refractivity contribution in [3.05, 3.63) is 66.0 Å². The third-order valence-electron chi connectivity index (χ3n) is 7.06. The average Bonchev–Trinajstić information content (AvgIpc) is 2.93. The van der Waals surface area contributed by atoms with Crippen molar-refractivity contribution in [2.24, 2.45) is 0 Å². The van der Waals surface area contributed by atoms with E-state index in [1.165, 1.54) is 6.07 Å². The minimum absolute atomic E-state index is 0.190. The highest BCUT2D eigenvalue weighted by Gasteiger charge is 2.23. The minimum atomic E-state index is -4.75. The molecule has 1 aliphatic heterocycles. The normalized spacial score (nSPS) is 12.0. The number of nitrogens with one attached hydrogen (secondary N) is 1. The Morgan fingerprint density at radius 3 is 2.36 bits per heavy atom. The SMILES string of the molecule is CCN(CCOC(=O)NC(C)(C)C)c1ccc2c(-c3ccccc3S(=O)(=O)[O-])c3ccc(=[N+](CC)CC)cc-3oc2c1. The Labute approximate surface area is 247 Å². The Bertz CT molecular complexity index is 1730. The van der Waals surface area contributed by atoms with Crippen molar-refractivity contribution in [3.8, 4) is 22.5 Å². The molecule has 1 N–H and O–H groups in total. The van der Waals surface area contributed by atoms with Gasteiger partial charge in [-0.2, -0.15) is 0 Å². The van der Waals surface area contributed by atoms with Crippen LogP contribution in [0, 0.1) is 0 Å². The molecular formula is C32H39N3O6S. The molecule has 1 heterocycles. The predicted molar refractivity (Wildman–Crippen MR) is 165 cm³/mol. The van der Waals surface area contributed by atoms with Gasteiger partial charge in [-0.3, -0.25) is 0 Å². The third kappa shape index (κ3) is 6.94. The zero-order valence-electron chi connectivity index (χ0n) is 25.1. The van der Waals surface area contributed by atoms with Gasteiger partial charge < -0.3 is 23.9 Å². The molecule has 0 saturated heterocycles. The topological polar surface area (TPSA) is 115 Å². The van der Waals surface area contributed by atoms with E-state index >= 15 is 0 Å². The number of fused-ring (bicyclic) bond motifs is 2. The number of rotatable bonds is 9. The van der Waals surface area contributed by atoms with E-state index in [1.807, 2.05) is 64.1 Å². The van der Waals surface area contributed by atoms with Gasteiger partial charge in [0, 0.05) is 52.0 Å². The second kappa shape index (κ2) is 12.5. The predicted octanol–water partition coefficient (Wildman–Crippen LogP) is 5.27. The molecule has 9 nitrogen and oxygen atoms in total. The van der Waals surface area contributed by atoms with Crippen LogP contribution in [0.15, 0.2) is 70.0 Å². The average molecular weight is 594 g/mol. The minimum Gasteiger partial charge on any atom is -0.744 e. The molecular weight excluding hydrogens is 554 g/mol. The maximum atomic E-state index is 12.3. The number of ether oxygens (including phenoxy) is 1. The fraction of sp³-hybridized carbons (Fsp3) is 0.375. The highest BCUT2D eigenvalue weighted by Crippen LogP contribution is 2.42. The maximum Gasteiger partial charge on any atom is 0.407 e. The molecule has 1 aliphatic carbocycles. The second-order valence-electron chi connectivity index (χ2n) is 11.1. The van der Waals surface area contributed by atoms with Crippen LogP contribution in [-0.4, -0.2) is 57.4 Å². The summed E-state index contributed by atoms with van der Waals surface area (Å²) in [7, 11) is -4.75. The second-order valence-corrected chi connectivity index (χ2v) is 12.4. The molecule has 0 spiro atoms. The van der Waals surface area contributed by atoms with Crippen LogP contribution < -0.4 is 20.1 Å². The zero-order chi connectivity index (χ0) is 30.7. The fourth-order valence-corrected chi connectivity index (χ4v) is 5.78. The van der Waals surface area contributed by atoms with E-state index in [4.69, 9.17) is 9.15 Å². The van der Waals surface area contributed by atoms with Crippen molar-refractivity contribution in [3.63, 3.8) is 0 Å². The largest absolute Gasteiger partial charge is 0.744 e. The van der Waals surface area contributed by atoms with Crippen molar-refractivity contribution >= 4 is 32.9 Å². The summed E-state index contributed by atoms with van der Waals surface area (Å²) in [6, 6.07) is 17.8. The van der Waals surface area contributed by atoms with Crippen molar-refractivity contribution < 1.29 is 26.9 Å². The molecule has 10 heteroatoms. The van der Waals surface area contributed by atoms with Gasteiger partial charge in [-0.05, 0) is 65.8 Å². The lowest BCUT2D eigenvalue weighted by atomic mass is 9.93. The zero-order valence-corrected chi connectivity index (χ0v) is 25.9. The standard InChI is InChI=1S/C32H39N3O6S/c1-7-34(8-2)22-14-16-24-27(20-22)41-28-21-23(35(9-3)18-19-40-31(36)33-32(4,5)6)15-17-25(28)30(24)26-12-10-11-13-29(26)42(37,38)39/h10-17,20-21H,7-9,18-19H2,1-6H3,(H-,33,36,37,38,39). The van der Waals surface area contributed by atoms with E-state index in [-0.39, 0.29) is 11.5 Å². The summed E-state index contributed by atoms with van der Waals surface area (Å²) in [5, 5.41) is 4.44. The monoisotopic (exact) mass is 593 g/mol. The lowest BCUT2D eigenvalue weighted by Crippen LogP contribution is -2.41. The van der Waals surface area contributed by atoms with E-state index in [0.717, 1.165) is 24.1 Å². The van der Waals surface area contributed by atoms with Crippen LogP contribution >= 0.6 is 0 Å². The van der Waals surface area contributed by atoms with E-state index in [2.05, 4.69) is 28.6 Å². The number of amides is 1. The summed E-state index contributed by atoms with van der Waals surface area (Å²) in [4.78, 5) is 13.9. The van der Waals surface area contributed by atoms with Gasteiger partial charge in [0.15, 0.2) is 0 Å². The summed E-state index contributed by atoms with van der Waals surface area (Å²) in [5.41, 5.74) is 2.64. The molecule has 42 heavy (non-hydrogen) atoms. The first-order valence-electron chi connectivity index (χ1n) is 14.2. The summed E-state index contributed by atoms with van der Waals surface area (Å²) in [6.45, 7) is 14.8. The number of hydrogen-bond acceptors (Lipinski definition) is 7. The molecule has 1 amide bonds. The first-order valence-corrected chi connectivity index (χ1v) is 15.6. The summed E-state index contributed by atoms with van der Waals surface area (Å²) in [5.74, 6) is 0.572. The maximum absolute atomic E-state index is 12.3. The highest BCUT2D eigenvalue weighted by atomic mass is 32.2. The summed E-state index contributed by atoms with van der Waals surface area (Å²) < 4.78 is 50.9. The van der Waals surface area contributed by atoms with Gasteiger partial charge in [-0.1, -0.05) is 18.2 Å². The van der Waals surface area contributed by atoms with E-state index < -0.39 is 21.8 Å².